The molecule has 7 heteroatoms. The van der Waals surface area contributed by atoms with Crippen molar-refractivity contribution in [2.75, 3.05) is 6.61 Å². The summed E-state index contributed by atoms with van der Waals surface area (Å²) in [7, 11) is 0. The summed E-state index contributed by atoms with van der Waals surface area (Å²) in [5.74, 6) is -0.720. The zero-order chi connectivity index (χ0) is 24.3. The summed E-state index contributed by atoms with van der Waals surface area (Å²) in [5.41, 5.74) is 4.65. The minimum atomic E-state index is -1.16. The number of hydrogen-bond acceptors (Lipinski definition) is 5. The predicted octanol–water partition coefficient (Wildman–Crippen LogP) is 4.79. The van der Waals surface area contributed by atoms with Gasteiger partial charge in [0, 0.05) is 18.5 Å². The molecule has 3 aromatic rings. The number of aliphatic carboxylic acids is 1. The van der Waals surface area contributed by atoms with Gasteiger partial charge >= 0.3 is 12.1 Å². The first kappa shape index (κ1) is 23.3. The highest BCUT2D eigenvalue weighted by atomic mass is 16.5. The van der Waals surface area contributed by atoms with Crippen LogP contribution in [0.4, 0.5) is 4.79 Å². The summed E-state index contributed by atoms with van der Waals surface area (Å²) in [6.07, 6.45) is 2.41. The average molecular weight is 461 g/mol. The van der Waals surface area contributed by atoms with Gasteiger partial charge in [-0.15, -0.1) is 0 Å². The van der Waals surface area contributed by atoms with Crippen LogP contribution in [0.3, 0.4) is 0 Å². The number of nitrogens with one attached hydrogen (secondary N) is 1. The Balaban J connectivity index is 1.41. The summed E-state index contributed by atoms with van der Waals surface area (Å²) in [6.45, 7) is 5.86. The molecule has 1 aromatic heterocycles. The summed E-state index contributed by atoms with van der Waals surface area (Å²) in [4.78, 5) is 28.5. The minimum Gasteiger partial charge on any atom is -0.487 e. The van der Waals surface area contributed by atoms with Crippen molar-refractivity contribution < 1.29 is 24.2 Å². The Morgan fingerprint density at radius 3 is 2.24 bits per heavy atom. The third-order valence-electron chi connectivity index (χ3n) is 5.57. The van der Waals surface area contributed by atoms with Crippen LogP contribution in [0.5, 0.6) is 5.75 Å². The fourth-order valence-electron chi connectivity index (χ4n) is 4.20. The maximum absolute atomic E-state index is 12.5. The summed E-state index contributed by atoms with van der Waals surface area (Å²) in [6, 6.07) is 16.6. The van der Waals surface area contributed by atoms with E-state index in [1.165, 1.54) is 0 Å². The molecular weight excluding hydrogens is 432 g/mol. The highest BCUT2D eigenvalue weighted by molar-refractivity contribution is 5.81. The molecule has 4 rings (SSSR count). The number of carbonyl (C=O) groups excluding carboxylic acids is 1. The van der Waals surface area contributed by atoms with Gasteiger partial charge in [0.05, 0.1) is 6.20 Å². The number of pyridine rings is 1. The van der Waals surface area contributed by atoms with Crippen molar-refractivity contribution in [3.05, 3.63) is 83.7 Å². The van der Waals surface area contributed by atoms with Crippen LogP contribution in [-0.2, 0) is 16.0 Å². The van der Waals surface area contributed by atoms with Gasteiger partial charge < -0.3 is 19.9 Å². The van der Waals surface area contributed by atoms with Gasteiger partial charge in [0.15, 0.2) is 0 Å². The smallest absolute Gasteiger partial charge is 0.407 e. The number of amides is 1. The van der Waals surface area contributed by atoms with Crippen molar-refractivity contribution >= 4 is 12.1 Å². The highest BCUT2D eigenvalue weighted by Gasteiger charge is 2.30. The van der Waals surface area contributed by atoms with Gasteiger partial charge in [0.25, 0.3) is 0 Å². The van der Waals surface area contributed by atoms with E-state index in [0.29, 0.717) is 11.3 Å². The second kappa shape index (κ2) is 9.55. The van der Waals surface area contributed by atoms with Crippen molar-refractivity contribution in [1.29, 1.82) is 0 Å². The fourth-order valence-corrected chi connectivity index (χ4v) is 4.20. The van der Waals surface area contributed by atoms with E-state index in [-0.39, 0.29) is 18.9 Å². The van der Waals surface area contributed by atoms with Crippen LogP contribution in [0, 0.1) is 0 Å². The maximum Gasteiger partial charge on any atom is 0.407 e. The van der Waals surface area contributed by atoms with Crippen molar-refractivity contribution in [2.45, 2.75) is 44.8 Å². The Morgan fingerprint density at radius 2 is 1.65 bits per heavy atom. The third kappa shape index (κ3) is 5.36. The SMILES string of the molecule is CC(C)(C)Oc1cncc(C[C@H](NC(=O)OCC2c3ccccc3-c3ccccc32)C(=O)O)c1. The van der Waals surface area contributed by atoms with Crippen LogP contribution >= 0.6 is 0 Å². The molecule has 0 aliphatic heterocycles. The Bertz CT molecular complexity index is 1160. The molecule has 0 bridgehead atoms. The van der Waals surface area contributed by atoms with Gasteiger partial charge in [-0.25, -0.2) is 9.59 Å². The fraction of sp³-hybridized carbons (Fsp3) is 0.296. The van der Waals surface area contributed by atoms with Crippen molar-refractivity contribution in [2.24, 2.45) is 0 Å². The lowest BCUT2D eigenvalue weighted by Gasteiger charge is -2.21. The number of rotatable bonds is 7. The Kier molecular flexibility index (Phi) is 6.54. The number of nitrogens with zero attached hydrogens (tertiary/aromatic N) is 1. The molecule has 0 radical (unpaired) electrons. The lowest BCUT2D eigenvalue weighted by Crippen LogP contribution is -2.43. The number of ether oxygens (including phenoxy) is 2. The van der Waals surface area contributed by atoms with E-state index < -0.39 is 23.7 Å². The standard InChI is InChI=1S/C27H28N2O5/c1-27(2,3)34-18-12-17(14-28-15-18)13-24(25(30)31)29-26(32)33-16-23-21-10-6-4-8-19(21)20-9-5-7-11-22(20)23/h4-12,14-15,23-24H,13,16H2,1-3H3,(H,29,32)(H,30,31)/t24-/m0/s1. The van der Waals surface area contributed by atoms with Crippen molar-refractivity contribution in [1.82, 2.24) is 10.3 Å². The maximum atomic E-state index is 12.5. The summed E-state index contributed by atoms with van der Waals surface area (Å²) in [5, 5.41) is 12.1. The van der Waals surface area contributed by atoms with Gasteiger partial charge in [-0.05, 0) is 54.7 Å². The van der Waals surface area contributed by atoms with Crippen LogP contribution in [0.2, 0.25) is 0 Å². The molecule has 34 heavy (non-hydrogen) atoms. The van der Waals surface area contributed by atoms with E-state index >= 15 is 0 Å². The van der Waals surface area contributed by atoms with Crippen LogP contribution in [0.25, 0.3) is 11.1 Å². The Labute approximate surface area is 198 Å². The quantitative estimate of drug-likeness (QED) is 0.526. The summed E-state index contributed by atoms with van der Waals surface area (Å²) < 4.78 is 11.3. The Hall–Kier alpha value is -3.87. The van der Waals surface area contributed by atoms with Gasteiger partial charge in [-0.2, -0.15) is 0 Å². The second-order valence-electron chi connectivity index (χ2n) is 9.31. The van der Waals surface area contributed by atoms with Gasteiger partial charge in [0.1, 0.15) is 24.0 Å². The second-order valence-corrected chi connectivity index (χ2v) is 9.31. The van der Waals surface area contributed by atoms with Gasteiger partial charge in [0.2, 0.25) is 0 Å². The number of aromatic nitrogens is 1. The first-order valence-corrected chi connectivity index (χ1v) is 11.2. The molecule has 0 fully saturated rings. The van der Waals surface area contributed by atoms with E-state index in [2.05, 4.69) is 22.4 Å². The first-order valence-electron chi connectivity index (χ1n) is 11.2. The molecule has 1 heterocycles. The molecule has 1 aliphatic carbocycles. The number of carbonyl (C=O) groups is 2. The monoisotopic (exact) mass is 460 g/mol. The normalized spacial score (nSPS) is 13.5. The largest absolute Gasteiger partial charge is 0.487 e. The lowest BCUT2D eigenvalue weighted by atomic mass is 9.98. The number of alkyl carbamates (subject to hydrolysis) is 1. The van der Waals surface area contributed by atoms with Crippen LogP contribution < -0.4 is 10.1 Å². The zero-order valence-electron chi connectivity index (χ0n) is 19.4. The Morgan fingerprint density at radius 1 is 1.03 bits per heavy atom. The topological polar surface area (TPSA) is 97.8 Å². The molecule has 0 unspecified atom stereocenters. The van der Waals surface area contributed by atoms with E-state index in [0.717, 1.165) is 22.3 Å². The van der Waals surface area contributed by atoms with E-state index in [9.17, 15) is 14.7 Å². The van der Waals surface area contributed by atoms with Crippen molar-refractivity contribution in [3.8, 4) is 16.9 Å². The number of carboxylic acids is 1. The molecule has 7 nitrogen and oxygen atoms in total. The molecule has 0 saturated carbocycles. The number of benzene rings is 2. The van der Waals surface area contributed by atoms with Crippen LogP contribution in [0.1, 0.15) is 43.4 Å². The van der Waals surface area contributed by atoms with Gasteiger partial charge in [-0.3, -0.25) is 4.98 Å². The van der Waals surface area contributed by atoms with Gasteiger partial charge in [-0.1, -0.05) is 48.5 Å². The molecule has 0 spiro atoms. The minimum absolute atomic E-state index is 0.0495. The molecule has 1 amide bonds. The average Bonchev–Trinajstić information content (AvgIpc) is 3.10. The lowest BCUT2D eigenvalue weighted by molar-refractivity contribution is -0.139. The number of carboxylic acid groups (broad SMARTS) is 1. The van der Waals surface area contributed by atoms with Crippen LogP contribution in [0.15, 0.2) is 67.0 Å². The molecule has 2 N–H and O–H groups in total. The first-order chi connectivity index (χ1) is 16.2. The highest BCUT2D eigenvalue weighted by Crippen LogP contribution is 2.44. The molecule has 1 atom stereocenters. The van der Waals surface area contributed by atoms with E-state index in [4.69, 9.17) is 9.47 Å². The molecular formula is C27H28N2O5. The van der Waals surface area contributed by atoms with Crippen molar-refractivity contribution in [3.63, 3.8) is 0 Å². The molecule has 0 saturated heterocycles. The van der Waals surface area contributed by atoms with E-state index in [1.807, 2.05) is 57.2 Å². The predicted molar refractivity (Wildman–Crippen MR) is 128 cm³/mol. The molecule has 176 valence electrons. The summed E-state index contributed by atoms with van der Waals surface area (Å²) >= 11 is 0. The number of fused-ring (bicyclic) bond motifs is 3. The van der Waals surface area contributed by atoms with Crippen LogP contribution in [-0.4, -0.2) is 40.4 Å². The molecule has 2 aromatic carbocycles. The zero-order valence-corrected chi connectivity index (χ0v) is 19.4. The van der Waals surface area contributed by atoms with E-state index in [1.54, 1.807) is 18.5 Å². The number of hydrogen-bond donors (Lipinski definition) is 2. The molecule has 1 aliphatic rings. The third-order valence-corrected chi connectivity index (χ3v) is 5.57.